The van der Waals surface area contributed by atoms with Crippen molar-refractivity contribution in [2.24, 2.45) is 29.4 Å². The van der Waals surface area contributed by atoms with E-state index in [4.69, 9.17) is 11.7 Å². The highest BCUT2D eigenvalue weighted by Gasteiger charge is 2.54. The smallest absolute Gasteiger partial charge is 0.275 e. The zero-order valence-corrected chi connectivity index (χ0v) is 11.9. The third-order valence-electron chi connectivity index (χ3n) is 4.86. The van der Waals surface area contributed by atoms with Crippen molar-refractivity contribution in [1.29, 1.82) is 0 Å². The second kappa shape index (κ2) is 5.41. The van der Waals surface area contributed by atoms with Gasteiger partial charge in [0.2, 0.25) is 0 Å². The number of hydrazine groups is 2. The molecule has 4 bridgehead atoms. The van der Waals surface area contributed by atoms with E-state index in [2.05, 4.69) is 5.43 Å². The zero-order chi connectivity index (χ0) is 11.3. The number of carbonyl (C=O) groups excluding carboxylic acids is 1. The SMILES string of the molecule is Cl.Cl.NNC(=O)N(N)C12CC3CC(CC(C3)C1)C2. The Bertz CT molecular complexity index is 291. The molecule has 0 heterocycles. The third-order valence-corrected chi connectivity index (χ3v) is 4.86. The van der Waals surface area contributed by atoms with Gasteiger partial charge in [-0.2, -0.15) is 0 Å². The van der Waals surface area contributed by atoms with Crippen LogP contribution >= 0.6 is 24.8 Å². The molecule has 2 amide bonds. The summed E-state index contributed by atoms with van der Waals surface area (Å²) in [6.45, 7) is 0. The first-order chi connectivity index (χ1) is 7.63. The minimum Gasteiger partial charge on any atom is -0.275 e. The normalized spacial score (nSPS) is 39.6. The van der Waals surface area contributed by atoms with Gasteiger partial charge >= 0.3 is 6.03 Å². The third kappa shape index (κ3) is 2.29. The fraction of sp³-hybridized carbons (Fsp3) is 0.909. The zero-order valence-electron chi connectivity index (χ0n) is 10.3. The predicted octanol–water partition coefficient (Wildman–Crippen LogP) is 1.56. The Morgan fingerprint density at radius 2 is 1.44 bits per heavy atom. The van der Waals surface area contributed by atoms with Crippen LogP contribution in [0.25, 0.3) is 0 Å². The first-order valence-electron chi connectivity index (χ1n) is 6.18. The van der Waals surface area contributed by atoms with Crippen molar-refractivity contribution in [3.05, 3.63) is 0 Å². The van der Waals surface area contributed by atoms with Gasteiger partial charge < -0.3 is 0 Å². The Morgan fingerprint density at radius 1 is 1.06 bits per heavy atom. The van der Waals surface area contributed by atoms with Gasteiger partial charge in [0.05, 0.1) is 5.54 Å². The van der Waals surface area contributed by atoms with Crippen LogP contribution in [0.15, 0.2) is 0 Å². The highest BCUT2D eigenvalue weighted by atomic mass is 35.5. The molecule has 4 aliphatic rings. The average Bonchev–Trinajstić information content (AvgIpc) is 2.25. The fourth-order valence-electron chi connectivity index (χ4n) is 4.64. The lowest BCUT2D eigenvalue weighted by Gasteiger charge is -2.58. The minimum absolute atomic E-state index is 0. The number of amides is 2. The summed E-state index contributed by atoms with van der Waals surface area (Å²) in [5.74, 6) is 13.5. The Kier molecular flexibility index (Phi) is 4.76. The van der Waals surface area contributed by atoms with Crippen LogP contribution in [0, 0.1) is 17.8 Å². The first-order valence-corrected chi connectivity index (χ1v) is 6.18. The van der Waals surface area contributed by atoms with E-state index in [0.717, 1.165) is 37.0 Å². The van der Waals surface area contributed by atoms with E-state index in [1.54, 1.807) is 0 Å². The van der Waals surface area contributed by atoms with E-state index < -0.39 is 0 Å². The van der Waals surface area contributed by atoms with Crippen molar-refractivity contribution in [2.45, 2.75) is 44.1 Å². The molecular formula is C11H22Cl2N4O. The summed E-state index contributed by atoms with van der Waals surface area (Å²) in [5, 5.41) is 1.39. The van der Waals surface area contributed by atoms with Gasteiger partial charge in [-0.1, -0.05) is 0 Å². The number of urea groups is 1. The Balaban J connectivity index is 0.000000810. The van der Waals surface area contributed by atoms with Crippen LogP contribution in [-0.4, -0.2) is 16.6 Å². The monoisotopic (exact) mass is 296 g/mol. The van der Waals surface area contributed by atoms with E-state index in [0.29, 0.717) is 0 Å². The molecule has 0 atom stereocenters. The van der Waals surface area contributed by atoms with Crippen molar-refractivity contribution < 1.29 is 4.79 Å². The quantitative estimate of drug-likeness (QED) is 0.390. The van der Waals surface area contributed by atoms with E-state index in [1.165, 1.54) is 24.3 Å². The molecule has 106 valence electrons. The molecule has 0 saturated heterocycles. The molecule has 7 heteroatoms. The van der Waals surface area contributed by atoms with Gasteiger partial charge in [-0.15, -0.1) is 24.8 Å². The van der Waals surface area contributed by atoms with Gasteiger partial charge in [-0.05, 0) is 56.3 Å². The predicted molar refractivity (Wildman–Crippen MR) is 74.1 cm³/mol. The molecule has 0 aliphatic heterocycles. The number of rotatable bonds is 1. The average molecular weight is 297 g/mol. The Morgan fingerprint density at radius 3 is 1.78 bits per heavy atom. The van der Waals surface area contributed by atoms with E-state index in [9.17, 15) is 4.79 Å². The van der Waals surface area contributed by atoms with Crippen molar-refractivity contribution in [3.8, 4) is 0 Å². The summed E-state index contributed by atoms with van der Waals surface area (Å²) >= 11 is 0. The molecule has 0 aromatic rings. The molecule has 5 N–H and O–H groups in total. The van der Waals surface area contributed by atoms with Crippen LogP contribution in [0.1, 0.15) is 38.5 Å². The van der Waals surface area contributed by atoms with Crippen LogP contribution in [0.5, 0.6) is 0 Å². The summed E-state index contributed by atoms with van der Waals surface area (Å²) in [4.78, 5) is 11.6. The number of halogens is 2. The second-order valence-electron chi connectivity index (χ2n) is 5.96. The second-order valence-corrected chi connectivity index (χ2v) is 5.96. The van der Waals surface area contributed by atoms with Gasteiger partial charge in [0.25, 0.3) is 0 Å². The maximum atomic E-state index is 11.6. The molecule has 5 nitrogen and oxygen atoms in total. The van der Waals surface area contributed by atoms with Crippen LogP contribution in [0.4, 0.5) is 4.79 Å². The van der Waals surface area contributed by atoms with Gasteiger partial charge in [0.1, 0.15) is 0 Å². The van der Waals surface area contributed by atoms with E-state index in [-0.39, 0.29) is 36.4 Å². The van der Waals surface area contributed by atoms with E-state index >= 15 is 0 Å². The van der Waals surface area contributed by atoms with Crippen molar-refractivity contribution in [1.82, 2.24) is 10.4 Å². The lowest BCUT2D eigenvalue weighted by molar-refractivity contribution is -0.0710. The van der Waals surface area contributed by atoms with Gasteiger partial charge in [-0.3, -0.25) is 10.4 Å². The number of nitrogens with zero attached hydrogens (tertiary/aromatic N) is 1. The summed E-state index contributed by atoms with van der Waals surface area (Å²) in [5.41, 5.74) is 2.05. The largest absolute Gasteiger partial charge is 0.346 e. The van der Waals surface area contributed by atoms with E-state index in [1.807, 2.05) is 0 Å². The standard InChI is InChI=1S/C11H20N4O.2ClH/c12-14-10(16)15(13)11-4-7-1-8(5-11)3-9(2-7)6-11;;/h7-9H,1-6,12-13H2,(H,14,16);2*1H. The van der Waals surface area contributed by atoms with Crippen LogP contribution < -0.4 is 17.1 Å². The van der Waals surface area contributed by atoms with Gasteiger partial charge in [0.15, 0.2) is 0 Å². The van der Waals surface area contributed by atoms with Crippen LogP contribution in [0.2, 0.25) is 0 Å². The molecule has 0 spiro atoms. The topological polar surface area (TPSA) is 84.4 Å². The molecule has 0 radical (unpaired) electrons. The molecule has 0 aromatic carbocycles. The molecule has 4 aliphatic carbocycles. The Hall–Kier alpha value is -0.230. The molecule has 18 heavy (non-hydrogen) atoms. The lowest BCUT2D eigenvalue weighted by Crippen LogP contribution is -2.66. The number of nitrogens with two attached hydrogens (primary N) is 2. The molecule has 0 unspecified atom stereocenters. The van der Waals surface area contributed by atoms with Crippen LogP contribution in [0.3, 0.4) is 0 Å². The molecule has 4 rings (SSSR count). The van der Waals surface area contributed by atoms with Crippen LogP contribution in [-0.2, 0) is 0 Å². The number of nitrogens with one attached hydrogen (secondary N) is 1. The molecule has 4 saturated carbocycles. The Labute approximate surface area is 120 Å². The van der Waals surface area contributed by atoms with Gasteiger partial charge in [-0.25, -0.2) is 16.5 Å². The highest BCUT2D eigenvalue weighted by molar-refractivity contribution is 5.85. The van der Waals surface area contributed by atoms with Crippen molar-refractivity contribution >= 4 is 30.8 Å². The highest BCUT2D eigenvalue weighted by Crippen LogP contribution is 2.57. The lowest BCUT2D eigenvalue weighted by atomic mass is 9.53. The van der Waals surface area contributed by atoms with Crippen molar-refractivity contribution in [2.75, 3.05) is 0 Å². The molecular weight excluding hydrogens is 275 g/mol. The summed E-state index contributed by atoms with van der Waals surface area (Å²) in [6.07, 6.45) is 7.25. The number of hydrogen-bond donors (Lipinski definition) is 3. The number of carbonyl (C=O) groups is 1. The summed E-state index contributed by atoms with van der Waals surface area (Å²) in [6, 6.07) is -0.345. The molecule has 4 fully saturated rings. The van der Waals surface area contributed by atoms with Crippen molar-refractivity contribution in [3.63, 3.8) is 0 Å². The summed E-state index contributed by atoms with van der Waals surface area (Å²) < 4.78 is 0. The summed E-state index contributed by atoms with van der Waals surface area (Å²) in [7, 11) is 0. The maximum absolute atomic E-state index is 11.6. The van der Waals surface area contributed by atoms with Gasteiger partial charge in [0, 0.05) is 0 Å². The minimum atomic E-state index is -0.345. The fourth-order valence-corrected chi connectivity index (χ4v) is 4.64. The first kappa shape index (κ1) is 15.8. The number of hydrogen-bond acceptors (Lipinski definition) is 3. The maximum Gasteiger partial charge on any atom is 0.346 e. The molecule has 0 aromatic heterocycles.